The summed E-state index contributed by atoms with van der Waals surface area (Å²) in [5.41, 5.74) is 7.71. The van der Waals surface area contributed by atoms with Gasteiger partial charge in [0.25, 0.3) is 0 Å². The van der Waals surface area contributed by atoms with Crippen LogP contribution in [-0.2, 0) is 0 Å². The SMILES string of the molecule is Cc1cccc(N2CC(CCN)N(C)C2=O)c1. The molecule has 92 valence electrons. The summed E-state index contributed by atoms with van der Waals surface area (Å²) in [6.45, 7) is 3.38. The zero-order valence-electron chi connectivity index (χ0n) is 10.4. The van der Waals surface area contributed by atoms with Crippen molar-refractivity contribution in [2.24, 2.45) is 5.73 Å². The van der Waals surface area contributed by atoms with Crippen LogP contribution in [0.1, 0.15) is 12.0 Å². The topological polar surface area (TPSA) is 49.6 Å². The Morgan fingerprint density at radius 2 is 2.24 bits per heavy atom. The van der Waals surface area contributed by atoms with Crippen molar-refractivity contribution >= 4 is 11.7 Å². The first kappa shape index (κ1) is 11.9. The molecule has 0 aromatic heterocycles. The maximum absolute atomic E-state index is 12.1. The molecule has 0 radical (unpaired) electrons. The van der Waals surface area contributed by atoms with Crippen LogP contribution >= 0.6 is 0 Å². The lowest BCUT2D eigenvalue weighted by atomic mass is 10.2. The van der Waals surface area contributed by atoms with Crippen LogP contribution in [0.2, 0.25) is 0 Å². The second-order valence-electron chi connectivity index (χ2n) is 4.57. The van der Waals surface area contributed by atoms with Crippen molar-refractivity contribution in [3.63, 3.8) is 0 Å². The Balaban J connectivity index is 2.20. The molecule has 17 heavy (non-hydrogen) atoms. The van der Waals surface area contributed by atoms with Gasteiger partial charge >= 0.3 is 6.03 Å². The number of urea groups is 1. The number of likely N-dealkylation sites (N-methyl/N-ethyl adjacent to an activating group) is 1. The number of carbonyl (C=O) groups excluding carboxylic acids is 1. The third kappa shape index (κ3) is 2.26. The zero-order valence-corrected chi connectivity index (χ0v) is 10.4. The Hall–Kier alpha value is -1.55. The molecule has 1 atom stereocenters. The van der Waals surface area contributed by atoms with Crippen LogP contribution in [0, 0.1) is 6.92 Å². The Bertz CT molecular complexity index is 419. The number of nitrogens with two attached hydrogens (primary N) is 1. The third-order valence-electron chi connectivity index (χ3n) is 3.29. The number of nitrogens with zero attached hydrogens (tertiary/aromatic N) is 2. The highest BCUT2D eigenvalue weighted by molar-refractivity contribution is 5.94. The summed E-state index contributed by atoms with van der Waals surface area (Å²) in [4.78, 5) is 15.7. The Morgan fingerprint density at radius 3 is 2.88 bits per heavy atom. The van der Waals surface area contributed by atoms with Gasteiger partial charge in [0, 0.05) is 19.3 Å². The predicted octanol–water partition coefficient (Wildman–Crippen LogP) is 1.58. The van der Waals surface area contributed by atoms with E-state index in [1.165, 1.54) is 5.56 Å². The van der Waals surface area contributed by atoms with E-state index in [0.29, 0.717) is 6.54 Å². The van der Waals surface area contributed by atoms with Crippen LogP contribution in [0.25, 0.3) is 0 Å². The molecular weight excluding hydrogens is 214 g/mol. The molecule has 0 spiro atoms. The highest BCUT2D eigenvalue weighted by Gasteiger charge is 2.34. The van der Waals surface area contributed by atoms with Crippen molar-refractivity contribution in [2.45, 2.75) is 19.4 Å². The molecule has 4 nitrogen and oxygen atoms in total. The Labute approximate surface area is 102 Å². The largest absolute Gasteiger partial charge is 0.330 e. The van der Waals surface area contributed by atoms with E-state index in [0.717, 1.165) is 18.7 Å². The van der Waals surface area contributed by atoms with E-state index in [9.17, 15) is 4.79 Å². The fourth-order valence-electron chi connectivity index (χ4n) is 2.25. The molecule has 0 aliphatic carbocycles. The summed E-state index contributed by atoms with van der Waals surface area (Å²) >= 11 is 0. The maximum Gasteiger partial charge on any atom is 0.324 e. The smallest absolute Gasteiger partial charge is 0.324 e. The first-order valence-electron chi connectivity index (χ1n) is 5.94. The molecular formula is C13H19N3O. The first-order valence-corrected chi connectivity index (χ1v) is 5.94. The summed E-state index contributed by atoms with van der Waals surface area (Å²) in [7, 11) is 1.85. The van der Waals surface area contributed by atoms with Crippen LogP contribution < -0.4 is 10.6 Å². The van der Waals surface area contributed by atoms with E-state index in [2.05, 4.69) is 0 Å². The van der Waals surface area contributed by atoms with E-state index < -0.39 is 0 Å². The van der Waals surface area contributed by atoms with Gasteiger partial charge in [0.15, 0.2) is 0 Å². The normalized spacial score (nSPS) is 20.2. The monoisotopic (exact) mass is 233 g/mol. The molecule has 1 aliphatic rings. The van der Waals surface area contributed by atoms with Gasteiger partial charge in [-0.25, -0.2) is 4.79 Å². The summed E-state index contributed by atoms with van der Waals surface area (Å²) in [5, 5.41) is 0. The van der Waals surface area contributed by atoms with E-state index in [-0.39, 0.29) is 12.1 Å². The number of hydrogen-bond donors (Lipinski definition) is 1. The number of rotatable bonds is 3. The minimum absolute atomic E-state index is 0.0639. The molecule has 2 rings (SSSR count). The highest BCUT2D eigenvalue weighted by atomic mass is 16.2. The van der Waals surface area contributed by atoms with Crippen molar-refractivity contribution in [3.8, 4) is 0 Å². The van der Waals surface area contributed by atoms with Gasteiger partial charge in [-0.2, -0.15) is 0 Å². The average Bonchev–Trinajstić information content (AvgIpc) is 2.58. The molecule has 1 aliphatic heterocycles. The molecule has 1 fully saturated rings. The number of benzene rings is 1. The molecule has 1 unspecified atom stereocenters. The summed E-state index contributed by atoms with van der Waals surface area (Å²) < 4.78 is 0. The van der Waals surface area contributed by atoms with Crippen LogP contribution in [0.15, 0.2) is 24.3 Å². The summed E-state index contributed by atoms with van der Waals surface area (Å²) in [6, 6.07) is 8.32. The second kappa shape index (κ2) is 4.75. The summed E-state index contributed by atoms with van der Waals surface area (Å²) in [5.74, 6) is 0. The van der Waals surface area contributed by atoms with Crippen molar-refractivity contribution < 1.29 is 4.79 Å². The van der Waals surface area contributed by atoms with Crippen LogP contribution in [0.3, 0.4) is 0 Å². The molecule has 2 N–H and O–H groups in total. The number of amides is 2. The molecule has 1 heterocycles. The average molecular weight is 233 g/mol. The van der Waals surface area contributed by atoms with Gasteiger partial charge < -0.3 is 10.6 Å². The van der Waals surface area contributed by atoms with Gasteiger partial charge in [0.05, 0.1) is 6.04 Å². The molecule has 2 amide bonds. The van der Waals surface area contributed by atoms with E-state index in [4.69, 9.17) is 5.73 Å². The van der Waals surface area contributed by atoms with Crippen LogP contribution in [0.5, 0.6) is 0 Å². The van der Waals surface area contributed by atoms with E-state index in [1.807, 2.05) is 43.1 Å². The van der Waals surface area contributed by atoms with Gasteiger partial charge in [-0.1, -0.05) is 12.1 Å². The number of aryl methyl sites for hydroxylation is 1. The lowest BCUT2D eigenvalue weighted by Crippen LogP contribution is -2.32. The highest BCUT2D eigenvalue weighted by Crippen LogP contribution is 2.24. The van der Waals surface area contributed by atoms with E-state index in [1.54, 1.807) is 4.90 Å². The Kier molecular flexibility index (Phi) is 3.33. The van der Waals surface area contributed by atoms with Gasteiger partial charge in [0.1, 0.15) is 0 Å². The third-order valence-corrected chi connectivity index (χ3v) is 3.29. The van der Waals surface area contributed by atoms with Gasteiger partial charge in [-0.15, -0.1) is 0 Å². The fraction of sp³-hybridized carbons (Fsp3) is 0.462. The predicted molar refractivity (Wildman–Crippen MR) is 69.1 cm³/mol. The van der Waals surface area contributed by atoms with Crippen molar-refractivity contribution in [1.29, 1.82) is 0 Å². The molecule has 1 aromatic rings. The lowest BCUT2D eigenvalue weighted by Gasteiger charge is -2.16. The van der Waals surface area contributed by atoms with Crippen molar-refractivity contribution in [2.75, 3.05) is 25.0 Å². The van der Waals surface area contributed by atoms with Gasteiger partial charge in [-0.3, -0.25) is 4.90 Å². The Morgan fingerprint density at radius 1 is 1.47 bits per heavy atom. The summed E-state index contributed by atoms with van der Waals surface area (Å²) in [6.07, 6.45) is 0.852. The van der Waals surface area contributed by atoms with Crippen molar-refractivity contribution in [1.82, 2.24) is 4.90 Å². The van der Waals surface area contributed by atoms with Crippen LogP contribution in [-0.4, -0.2) is 37.1 Å². The van der Waals surface area contributed by atoms with Crippen LogP contribution in [0.4, 0.5) is 10.5 Å². The van der Waals surface area contributed by atoms with Gasteiger partial charge in [0.2, 0.25) is 0 Å². The molecule has 0 bridgehead atoms. The fourth-order valence-corrected chi connectivity index (χ4v) is 2.25. The minimum atomic E-state index is 0.0639. The molecule has 4 heteroatoms. The second-order valence-corrected chi connectivity index (χ2v) is 4.57. The number of carbonyl (C=O) groups is 1. The lowest BCUT2D eigenvalue weighted by molar-refractivity contribution is 0.217. The standard InChI is InChI=1S/C13H19N3O/c1-10-4-3-5-11(8-10)16-9-12(6-7-14)15(2)13(16)17/h3-5,8,12H,6-7,9,14H2,1-2H3. The zero-order chi connectivity index (χ0) is 12.4. The van der Waals surface area contributed by atoms with Crippen molar-refractivity contribution in [3.05, 3.63) is 29.8 Å². The number of anilines is 1. The number of hydrogen-bond acceptors (Lipinski definition) is 2. The first-order chi connectivity index (χ1) is 8.13. The quantitative estimate of drug-likeness (QED) is 0.861. The molecule has 1 aromatic carbocycles. The molecule has 0 saturated carbocycles. The van der Waals surface area contributed by atoms with E-state index >= 15 is 0 Å². The minimum Gasteiger partial charge on any atom is -0.330 e. The maximum atomic E-state index is 12.1. The molecule has 1 saturated heterocycles. The van der Waals surface area contributed by atoms with Gasteiger partial charge in [-0.05, 0) is 37.6 Å².